The highest BCUT2D eigenvalue weighted by Crippen LogP contribution is 2.47. The topological polar surface area (TPSA) is 102 Å². The van der Waals surface area contributed by atoms with E-state index >= 15 is 0 Å². The van der Waals surface area contributed by atoms with Gasteiger partial charge in [0.15, 0.2) is 22.5 Å². The number of nitrogens with zero attached hydrogens (tertiary/aromatic N) is 1. The van der Waals surface area contributed by atoms with Gasteiger partial charge in [0.1, 0.15) is 11.6 Å². The molecule has 8 nitrogen and oxygen atoms in total. The molecule has 0 aromatic heterocycles. The van der Waals surface area contributed by atoms with Gasteiger partial charge in [-0.3, -0.25) is 4.79 Å². The van der Waals surface area contributed by atoms with Crippen LogP contribution in [0.5, 0.6) is 5.75 Å². The zero-order chi connectivity index (χ0) is 33.3. The summed E-state index contributed by atoms with van der Waals surface area (Å²) in [5.41, 5.74) is 1.40. The number of thioether (sulfide) groups is 1. The largest absolute Gasteiger partial charge is 0.483 e. The Bertz CT molecular complexity index is 1590. The Balaban J connectivity index is 1.70. The van der Waals surface area contributed by atoms with E-state index in [1.54, 1.807) is 0 Å². The van der Waals surface area contributed by atoms with Crippen LogP contribution in [0.2, 0.25) is 0 Å². The van der Waals surface area contributed by atoms with Crippen LogP contribution in [0.15, 0.2) is 76.5 Å². The van der Waals surface area contributed by atoms with Crippen LogP contribution in [0.3, 0.4) is 0 Å². The van der Waals surface area contributed by atoms with Crippen molar-refractivity contribution in [3.63, 3.8) is 0 Å². The lowest BCUT2D eigenvalue weighted by molar-refractivity contribution is -0.145. The van der Waals surface area contributed by atoms with Crippen molar-refractivity contribution in [3.05, 3.63) is 78.1 Å². The van der Waals surface area contributed by atoms with Gasteiger partial charge >= 0.3 is 5.97 Å². The zero-order valence-corrected chi connectivity index (χ0v) is 28.5. The second-order valence-electron chi connectivity index (χ2n) is 11.7. The molecule has 0 saturated heterocycles. The summed E-state index contributed by atoms with van der Waals surface area (Å²) < 4.78 is 52.9. The van der Waals surface area contributed by atoms with Gasteiger partial charge in [-0.1, -0.05) is 69.9 Å². The fourth-order valence-electron chi connectivity index (χ4n) is 5.98. The number of halogens is 1. The number of nitrogens with one attached hydrogen (secondary N) is 1. The summed E-state index contributed by atoms with van der Waals surface area (Å²) in [6, 6.07) is 17.2. The van der Waals surface area contributed by atoms with E-state index in [2.05, 4.69) is 24.1 Å². The van der Waals surface area contributed by atoms with E-state index in [4.69, 9.17) is 9.47 Å². The van der Waals surface area contributed by atoms with Crippen molar-refractivity contribution in [2.24, 2.45) is 5.41 Å². The Hall–Kier alpha value is -3.57. The molecule has 1 heterocycles. The lowest BCUT2D eigenvalue weighted by Crippen LogP contribution is -2.38. The first-order valence-electron chi connectivity index (χ1n) is 15.6. The molecule has 248 valence electrons. The number of methoxy groups -OCH3 is 1. The van der Waals surface area contributed by atoms with Gasteiger partial charge in [-0.25, -0.2) is 17.6 Å². The Kier molecular flexibility index (Phi) is 12.1. The number of hydrogen-bond acceptors (Lipinski definition) is 8. The minimum atomic E-state index is -3.77. The molecule has 0 unspecified atom stereocenters. The maximum atomic E-state index is 14.3. The smallest absolute Gasteiger partial charge is 0.333 e. The van der Waals surface area contributed by atoms with Crippen molar-refractivity contribution < 1.29 is 31.9 Å². The van der Waals surface area contributed by atoms with Crippen LogP contribution >= 0.6 is 11.8 Å². The summed E-state index contributed by atoms with van der Waals surface area (Å²) in [4.78, 5) is 28.4. The summed E-state index contributed by atoms with van der Waals surface area (Å²) in [6.07, 6.45) is 7.27. The lowest BCUT2D eigenvalue weighted by Gasteiger charge is -2.37. The Morgan fingerprint density at radius 2 is 1.67 bits per heavy atom. The molecule has 0 fully saturated rings. The molecule has 0 spiro atoms. The molecule has 4 rings (SSSR count). The van der Waals surface area contributed by atoms with E-state index in [1.807, 2.05) is 42.7 Å². The first kappa shape index (κ1) is 35.3. The normalized spacial score (nSPS) is 15.7. The molecule has 46 heavy (non-hydrogen) atoms. The number of carbonyl (C=O) groups excluding carboxylic acids is 2. The first-order valence-corrected chi connectivity index (χ1v) is 18.5. The molecule has 1 atom stereocenters. The second-order valence-corrected chi connectivity index (χ2v) is 14.5. The molecule has 3 aromatic rings. The number of para-hydroxylation sites is 1. The summed E-state index contributed by atoms with van der Waals surface area (Å²) in [6.45, 7) is 4.33. The fraction of sp³-hybridized carbons (Fsp3) is 0.429. The van der Waals surface area contributed by atoms with Crippen LogP contribution in [-0.4, -0.2) is 52.6 Å². The number of amides is 1. The molecule has 1 amide bonds. The van der Waals surface area contributed by atoms with Crippen molar-refractivity contribution in [2.75, 3.05) is 37.2 Å². The molecule has 1 aliphatic rings. The lowest BCUT2D eigenvalue weighted by atomic mass is 9.79. The van der Waals surface area contributed by atoms with Crippen LogP contribution in [0, 0.1) is 11.2 Å². The van der Waals surface area contributed by atoms with E-state index in [-0.39, 0.29) is 16.4 Å². The maximum absolute atomic E-state index is 14.3. The van der Waals surface area contributed by atoms with Crippen LogP contribution in [0.25, 0.3) is 0 Å². The number of benzene rings is 3. The third kappa shape index (κ3) is 8.41. The number of fused-ring (bicyclic) bond motifs is 1. The van der Waals surface area contributed by atoms with Gasteiger partial charge in [-0.2, -0.15) is 0 Å². The van der Waals surface area contributed by atoms with Crippen molar-refractivity contribution in [1.82, 2.24) is 5.32 Å². The monoisotopic (exact) mass is 670 g/mol. The SMILES string of the molecule is CCCCC1(CCCC)CN(c2ccccc2)c2cc(SC)c(OCC(=O)N[C@@H](C(=O)OC)c3ccc(F)cc3)cc2S(=O)(=O)C1. The van der Waals surface area contributed by atoms with Gasteiger partial charge in [0.25, 0.3) is 5.91 Å². The Morgan fingerprint density at radius 3 is 2.26 bits per heavy atom. The van der Waals surface area contributed by atoms with Crippen LogP contribution < -0.4 is 15.0 Å². The summed E-state index contributed by atoms with van der Waals surface area (Å²) in [7, 11) is -2.58. The van der Waals surface area contributed by atoms with Gasteiger partial charge in [-0.05, 0) is 55.0 Å². The van der Waals surface area contributed by atoms with E-state index in [1.165, 1.54) is 49.2 Å². The first-order chi connectivity index (χ1) is 22.1. The fourth-order valence-corrected chi connectivity index (χ4v) is 8.64. The summed E-state index contributed by atoms with van der Waals surface area (Å²) in [5.74, 6) is -1.56. The van der Waals surface area contributed by atoms with Gasteiger partial charge in [0.05, 0.1) is 28.3 Å². The summed E-state index contributed by atoms with van der Waals surface area (Å²) in [5, 5.41) is 2.58. The van der Waals surface area contributed by atoms with Gasteiger partial charge in [0, 0.05) is 23.7 Å². The van der Waals surface area contributed by atoms with Crippen molar-refractivity contribution in [2.45, 2.75) is 68.2 Å². The van der Waals surface area contributed by atoms with Crippen LogP contribution in [-0.2, 0) is 24.2 Å². The van der Waals surface area contributed by atoms with E-state index in [0.29, 0.717) is 22.7 Å². The van der Waals surface area contributed by atoms with Gasteiger partial charge in [-0.15, -0.1) is 11.8 Å². The molecule has 11 heteroatoms. The molecule has 3 aromatic carbocycles. The van der Waals surface area contributed by atoms with Crippen LogP contribution in [0.1, 0.15) is 64.0 Å². The number of hydrogen-bond donors (Lipinski definition) is 1. The molecule has 0 aliphatic carbocycles. The number of anilines is 2. The minimum absolute atomic E-state index is 0.0212. The van der Waals surface area contributed by atoms with Gasteiger partial charge in [0.2, 0.25) is 0 Å². The third-order valence-electron chi connectivity index (χ3n) is 8.35. The zero-order valence-electron chi connectivity index (χ0n) is 26.9. The number of esters is 1. The molecular formula is C35H43FN2O6S2. The summed E-state index contributed by atoms with van der Waals surface area (Å²) >= 11 is 1.38. The molecule has 0 bridgehead atoms. The molecule has 1 N–H and O–H groups in total. The van der Waals surface area contributed by atoms with Crippen molar-refractivity contribution in [3.8, 4) is 5.75 Å². The predicted molar refractivity (Wildman–Crippen MR) is 180 cm³/mol. The van der Waals surface area contributed by atoms with Crippen molar-refractivity contribution >= 4 is 44.9 Å². The number of unbranched alkanes of at least 4 members (excludes halogenated alkanes) is 2. The Labute approximate surface area is 276 Å². The van der Waals surface area contributed by atoms with Crippen LogP contribution in [0.4, 0.5) is 15.8 Å². The number of ether oxygens (including phenoxy) is 2. The quantitative estimate of drug-likeness (QED) is 0.141. The molecule has 1 aliphatic heterocycles. The number of rotatable bonds is 14. The van der Waals surface area contributed by atoms with E-state index in [0.717, 1.165) is 44.2 Å². The third-order valence-corrected chi connectivity index (χ3v) is 11.1. The highest BCUT2D eigenvalue weighted by atomic mass is 32.2. The van der Waals surface area contributed by atoms with E-state index < -0.39 is 45.6 Å². The average molecular weight is 671 g/mol. The van der Waals surface area contributed by atoms with Gasteiger partial charge < -0.3 is 19.7 Å². The number of carbonyl (C=O) groups is 2. The average Bonchev–Trinajstić information content (AvgIpc) is 3.15. The number of sulfone groups is 1. The second kappa shape index (κ2) is 15.8. The highest BCUT2D eigenvalue weighted by Gasteiger charge is 2.42. The molecular weight excluding hydrogens is 628 g/mol. The molecule has 0 radical (unpaired) electrons. The Morgan fingerprint density at radius 1 is 1.02 bits per heavy atom. The standard InChI is InChI=1S/C35H43FN2O6S2/c1-5-7-18-35(19-8-6-2)23-38(27-12-10-9-11-13-27)28-20-30(45-4)29(21-31(28)46(41,42)24-35)44-22-32(39)37-33(34(40)43-3)25-14-16-26(36)17-15-25/h9-17,20-21,33H,5-8,18-19,22-24H2,1-4H3,(H,37,39)/t33-/m1/s1. The predicted octanol–water partition coefficient (Wildman–Crippen LogP) is 7.25. The van der Waals surface area contributed by atoms with Crippen molar-refractivity contribution in [1.29, 1.82) is 0 Å². The maximum Gasteiger partial charge on any atom is 0.333 e. The molecule has 0 saturated carbocycles. The van der Waals surface area contributed by atoms with E-state index in [9.17, 15) is 22.4 Å². The minimum Gasteiger partial charge on any atom is -0.483 e. The highest BCUT2D eigenvalue weighted by molar-refractivity contribution is 7.98.